The van der Waals surface area contributed by atoms with Crippen LogP contribution in [0.2, 0.25) is 0 Å². The number of amides is 2. The summed E-state index contributed by atoms with van der Waals surface area (Å²) in [5.41, 5.74) is 2.05. The minimum absolute atomic E-state index is 0.0283. The molecule has 1 heterocycles. The van der Waals surface area contributed by atoms with Gasteiger partial charge in [-0.15, -0.1) is 10.2 Å². The molecule has 150 valence electrons. The van der Waals surface area contributed by atoms with Crippen molar-refractivity contribution in [3.8, 4) is 10.6 Å². The molecular formula is C20H27N5O2S. The lowest BCUT2D eigenvalue weighted by atomic mass is 9.98. The molecule has 0 spiro atoms. The Morgan fingerprint density at radius 1 is 1.21 bits per heavy atom. The molecule has 2 amide bonds. The van der Waals surface area contributed by atoms with Crippen molar-refractivity contribution in [1.82, 2.24) is 15.5 Å². The molecule has 1 fully saturated rings. The summed E-state index contributed by atoms with van der Waals surface area (Å²) in [7, 11) is 3.98. The quantitative estimate of drug-likeness (QED) is 0.709. The van der Waals surface area contributed by atoms with Gasteiger partial charge in [0.2, 0.25) is 16.9 Å². The molecule has 0 radical (unpaired) electrons. The van der Waals surface area contributed by atoms with Crippen LogP contribution in [0.25, 0.3) is 10.6 Å². The molecule has 1 aliphatic rings. The molecule has 3 rings (SSSR count). The SMILES string of the molecule is CC[C@@H](C)[C@H](NC(=O)C1CC1)C(=O)Nc1nnc(-c2ccc(N(C)C)cc2)s1. The first-order valence-electron chi connectivity index (χ1n) is 9.61. The summed E-state index contributed by atoms with van der Waals surface area (Å²) >= 11 is 1.32. The second kappa shape index (κ2) is 8.68. The molecule has 2 N–H and O–H groups in total. The molecule has 2 atom stereocenters. The highest BCUT2D eigenvalue weighted by Gasteiger charge is 2.34. The van der Waals surface area contributed by atoms with Gasteiger partial charge in [-0.2, -0.15) is 0 Å². The average Bonchev–Trinajstić information content (AvgIpc) is 3.44. The number of benzene rings is 1. The first kappa shape index (κ1) is 20.3. The van der Waals surface area contributed by atoms with Crippen LogP contribution in [-0.2, 0) is 9.59 Å². The predicted octanol–water partition coefficient (Wildman–Crippen LogP) is 3.15. The van der Waals surface area contributed by atoms with Gasteiger partial charge in [0.05, 0.1) is 0 Å². The van der Waals surface area contributed by atoms with Gasteiger partial charge in [-0.25, -0.2) is 0 Å². The van der Waals surface area contributed by atoms with Crippen LogP contribution >= 0.6 is 11.3 Å². The fourth-order valence-corrected chi connectivity index (χ4v) is 3.55. The Bertz CT molecular complexity index is 829. The molecule has 0 aliphatic heterocycles. The Balaban J connectivity index is 1.68. The molecule has 2 aromatic rings. The lowest BCUT2D eigenvalue weighted by molar-refractivity contribution is -0.128. The van der Waals surface area contributed by atoms with Crippen molar-refractivity contribution < 1.29 is 9.59 Å². The van der Waals surface area contributed by atoms with Crippen LogP contribution < -0.4 is 15.5 Å². The Hall–Kier alpha value is -2.48. The lowest BCUT2D eigenvalue weighted by Crippen LogP contribution is -2.48. The van der Waals surface area contributed by atoms with Crippen molar-refractivity contribution in [3.63, 3.8) is 0 Å². The summed E-state index contributed by atoms with van der Waals surface area (Å²) < 4.78 is 0. The van der Waals surface area contributed by atoms with E-state index in [9.17, 15) is 9.59 Å². The summed E-state index contributed by atoms with van der Waals surface area (Å²) in [6.45, 7) is 3.98. The summed E-state index contributed by atoms with van der Waals surface area (Å²) in [5.74, 6) is -0.167. The predicted molar refractivity (Wildman–Crippen MR) is 112 cm³/mol. The van der Waals surface area contributed by atoms with Gasteiger partial charge in [0, 0.05) is 31.3 Å². The van der Waals surface area contributed by atoms with Crippen molar-refractivity contribution in [2.45, 2.75) is 39.2 Å². The third-order valence-corrected chi connectivity index (χ3v) is 5.91. The van der Waals surface area contributed by atoms with E-state index >= 15 is 0 Å². The number of hydrogen-bond donors (Lipinski definition) is 2. The van der Waals surface area contributed by atoms with Crippen molar-refractivity contribution in [2.75, 3.05) is 24.3 Å². The van der Waals surface area contributed by atoms with E-state index in [1.807, 2.05) is 57.1 Å². The Morgan fingerprint density at radius 3 is 2.46 bits per heavy atom. The first-order valence-corrected chi connectivity index (χ1v) is 10.4. The van der Waals surface area contributed by atoms with Gasteiger partial charge < -0.3 is 10.2 Å². The fourth-order valence-electron chi connectivity index (χ4n) is 2.79. The molecule has 0 saturated heterocycles. The molecule has 0 unspecified atom stereocenters. The maximum absolute atomic E-state index is 12.8. The van der Waals surface area contributed by atoms with Gasteiger partial charge in [-0.3, -0.25) is 14.9 Å². The molecule has 1 aromatic carbocycles. The van der Waals surface area contributed by atoms with Crippen molar-refractivity contribution in [3.05, 3.63) is 24.3 Å². The highest BCUT2D eigenvalue weighted by Crippen LogP contribution is 2.30. The van der Waals surface area contributed by atoms with Gasteiger partial charge in [0.25, 0.3) is 0 Å². The molecule has 1 aliphatic carbocycles. The smallest absolute Gasteiger partial charge is 0.249 e. The van der Waals surface area contributed by atoms with Crippen LogP contribution in [-0.4, -0.2) is 42.1 Å². The van der Waals surface area contributed by atoms with Crippen LogP contribution in [0.5, 0.6) is 0 Å². The third kappa shape index (κ3) is 4.86. The van der Waals surface area contributed by atoms with Gasteiger partial charge in [0.15, 0.2) is 0 Å². The largest absolute Gasteiger partial charge is 0.378 e. The number of nitrogens with one attached hydrogen (secondary N) is 2. The topological polar surface area (TPSA) is 87.2 Å². The summed E-state index contributed by atoms with van der Waals surface area (Å²) in [5, 5.41) is 15.2. The Labute approximate surface area is 169 Å². The number of rotatable bonds is 8. The zero-order valence-electron chi connectivity index (χ0n) is 16.7. The minimum atomic E-state index is -0.565. The van der Waals surface area contributed by atoms with E-state index in [0.29, 0.717) is 5.13 Å². The van der Waals surface area contributed by atoms with Crippen molar-refractivity contribution in [2.24, 2.45) is 11.8 Å². The lowest BCUT2D eigenvalue weighted by Gasteiger charge is -2.22. The maximum atomic E-state index is 12.8. The zero-order chi connectivity index (χ0) is 20.3. The van der Waals surface area contributed by atoms with Gasteiger partial charge in [-0.05, 0) is 43.0 Å². The maximum Gasteiger partial charge on any atom is 0.249 e. The number of nitrogens with zero attached hydrogens (tertiary/aromatic N) is 3. The number of aromatic nitrogens is 2. The molecule has 28 heavy (non-hydrogen) atoms. The summed E-state index contributed by atoms with van der Waals surface area (Å²) in [6.07, 6.45) is 2.61. The standard InChI is InChI=1S/C20H27N5O2S/c1-5-12(2)16(21-17(26)13-6-7-13)18(27)22-20-24-23-19(28-20)14-8-10-15(11-9-14)25(3)4/h8-13,16H,5-7H2,1-4H3,(H,21,26)(H,22,24,27)/t12-,16+/m1/s1. The normalized spacial score (nSPS) is 15.6. The van der Waals surface area contributed by atoms with Gasteiger partial charge in [0.1, 0.15) is 11.0 Å². The third-order valence-electron chi connectivity index (χ3n) is 5.03. The first-order chi connectivity index (χ1) is 13.4. The van der Waals surface area contributed by atoms with E-state index in [4.69, 9.17) is 0 Å². The van der Waals surface area contributed by atoms with E-state index in [-0.39, 0.29) is 23.7 Å². The number of anilines is 2. The molecule has 0 bridgehead atoms. The summed E-state index contributed by atoms with van der Waals surface area (Å²) in [6, 6.07) is 7.44. The molecule has 1 saturated carbocycles. The highest BCUT2D eigenvalue weighted by atomic mass is 32.1. The van der Waals surface area contributed by atoms with Crippen LogP contribution in [0, 0.1) is 11.8 Å². The fraction of sp³-hybridized carbons (Fsp3) is 0.500. The molecule has 8 heteroatoms. The monoisotopic (exact) mass is 401 g/mol. The van der Waals surface area contributed by atoms with E-state index in [2.05, 4.69) is 20.8 Å². The second-order valence-electron chi connectivity index (χ2n) is 7.49. The van der Waals surface area contributed by atoms with E-state index in [1.165, 1.54) is 11.3 Å². The van der Waals surface area contributed by atoms with E-state index in [0.717, 1.165) is 35.5 Å². The van der Waals surface area contributed by atoms with E-state index < -0.39 is 6.04 Å². The van der Waals surface area contributed by atoms with Crippen molar-refractivity contribution >= 4 is 34.0 Å². The van der Waals surface area contributed by atoms with Gasteiger partial charge in [-0.1, -0.05) is 31.6 Å². The molecular weight excluding hydrogens is 374 g/mol. The van der Waals surface area contributed by atoms with Crippen LogP contribution in [0.3, 0.4) is 0 Å². The Kier molecular flexibility index (Phi) is 6.28. The van der Waals surface area contributed by atoms with Crippen LogP contribution in [0.1, 0.15) is 33.1 Å². The molecule has 1 aromatic heterocycles. The molecule has 7 nitrogen and oxygen atoms in total. The second-order valence-corrected chi connectivity index (χ2v) is 8.47. The average molecular weight is 402 g/mol. The highest BCUT2D eigenvalue weighted by molar-refractivity contribution is 7.18. The zero-order valence-corrected chi connectivity index (χ0v) is 17.5. The number of carbonyl (C=O) groups is 2. The summed E-state index contributed by atoms with van der Waals surface area (Å²) in [4.78, 5) is 26.9. The van der Waals surface area contributed by atoms with E-state index in [1.54, 1.807) is 0 Å². The number of carbonyl (C=O) groups excluding carboxylic acids is 2. The van der Waals surface area contributed by atoms with Gasteiger partial charge >= 0.3 is 0 Å². The van der Waals surface area contributed by atoms with Crippen LogP contribution in [0.15, 0.2) is 24.3 Å². The van der Waals surface area contributed by atoms with Crippen LogP contribution in [0.4, 0.5) is 10.8 Å². The van der Waals surface area contributed by atoms with Crippen molar-refractivity contribution in [1.29, 1.82) is 0 Å². The minimum Gasteiger partial charge on any atom is -0.378 e. The Morgan fingerprint density at radius 2 is 1.89 bits per heavy atom. The number of hydrogen-bond acceptors (Lipinski definition) is 6.